The SMILES string of the molecule is OCC(O)COc1ccc(Cl)c(-c2n[nH]c3nc(Oc4ccc(F)cc4F)ncc23)c1. The number of halogens is 3. The van der Waals surface area contributed by atoms with Crippen LogP contribution in [-0.2, 0) is 0 Å². The van der Waals surface area contributed by atoms with E-state index in [0.29, 0.717) is 39.1 Å². The van der Waals surface area contributed by atoms with Crippen molar-refractivity contribution in [3.63, 3.8) is 0 Å². The second-order valence-electron chi connectivity index (χ2n) is 6.45. The lowest BCUT2D eigenvalue weighted by Crippen LogP contribution is -2.21. The van der Waals surface area contributed by atoms with Gasteiger partial charge in [0.2, 0.25) is 0 Å². The predicted octanol–water partition coefficient (Wildman–Crippen LogP) is 3.48. The normalized spacial score (nSPS) is 12.2. The average Bonchev–Trinajstić information content (AvgIpc) is 3.18. The van der Waals surface area contributed by atoms with Crippen LogP contribution in [0.4, 0.5) is 8.78 Å². The summed E-state index contributed by atoms with van der Waals surface area (Å²) < 4.78 is 37.6. The average molecular weight is 449 g/mol. The second-order valence-corrected chi connectivity index (χ2v) is 6.86. The number of hydrogen-bond donors (Lipinski definition) is 3. The molecule has 11 heteroatoms. The van der Waals surface area contributed by atoms with E-state index in [-0.39, 0.29) is 18.4 Å². The highest BCUT2D eigenvalue weighted by molar-refractivity contribution is 6.33. The molecule has 1 unspecified atom stereocenters. The number of aliphatic hydroxyl groups is 2. The number of nitrogens with zero attached hydrogens (tertiary/aromatic N) is 3. The van der Waals surface area contributed by atoms with E-state index in [4.69, 9.17) is 26.2 Å². The molecule has 8 nitrogen and oxygen atoms in total. The van der Waals surface area contributed by atoms with E-state index >= 15 is 0 Å². The topological polar surface area (TPSA) is 113 Å². The maximum absolute atomic E-state index is 13.8. The van der Waals surface area contributed by atoms with Crippen molar-refractivity contribution in [3.05, 3.63) is 59.3 Å². The van der Waals surface area contributed by atoms with Crippen LogP contribution in [0.2, 0.25) is 5.02 Å². The Morgan fingerprint density at radius 2 is 2.00 bits per heavy atom. The standard InChI is InChI=1S/C20H15ClF2N4O4/c21-15-3-2-12(30-9-11(29)8-28)6-13(15)18-14-7-24-20(25-19(14)27-26-18)31-17-4-1-10(22)5-16(17)23/h1-7,11,28-29H,8-9H2,(H,24,25,26,27). The predicted molar refractivity (Wildman–Crippen MR) is 107 cm³/mol. The first kappa shape index (κ1) is 20.9. The van der Waals surface area contributed by atoms with Gasteiger partial charge in [-0.15, -0.1) is 0 Å². The Morgan fingerprint density at radius 3 is 2.77 bits per heavy atom. The van der Waals surface area contributed by atoms with Crippen LogP contribution >= 0.6 is 11.6 Å². The highest BCUT2D eigenvalue weighted by Crippen LogP contribution is 2.34. The van der Waals surface area contributed by atoms with Gasteiger partial charge in [-0.1, -0.05) is 11.6 Å². The molecule has 0 amide bonds. The van der Waals surface area contributed by atoms with Gasteiger partial charge in [-0.2, -0.15) is 10.1 Å². The van der Waals surface area contributed by atoms with Crippen LogP contribution in [0.1, 0.15) is 0 Å². The zero-order valence-electron chi connectivity index (χ0n) is 15.7. The fourth-order valence-electron chi connectivity index (χ4n) is 2.72. The third kappa shape index (κ3) is 4.55. The number of ether oxygens (including phenoxy) is 2. The van der Waals surface area contributed by atoms with E-state index in [9.17, 15) is 13.9 Å². The molecule has 4 aromatic rings. The minimum absolute atomic E-state index is 0.0946. The fraction of sp³-hybridized carbons (Fsp3) is 0.150. The monoisotopic (exact) mass is 448 g/mol. The summed E-state index contributed by atoms with van der Waals surface area (Å²) in [4.78, 5) is 8.21. The Balaban J connectivity index is 1.62. The number of fused-ring (bicyclic) bond motifs is 1. The summed E-state index contributed by atoms with van der Waals surface area (Å²) in [5, 5.41) is 26.2. The summed E-state index contributed by atoms with van der Waals surface area (Å²) in [6, 6.07) is 7.57. The number of aromatic nitrogens is 4. The van der Waals surface area contributed by atoms with Crippen molar-refractivity contribution in [2.75, 3.05) is 13.2 Å². The van der Waals surface area contributed by atoms with Crippen molar-refractivity contribution in [3.8, 4) is 28.8 Å². The number of H-pyrrole nitrogens is 1. The molecule has 0 aliphatic heterocycles. The van der Waals surface area contributed by atoms with Gasteiger partial charge in [-0.05, 0) is 30.3 Å². The Bertz CT molecular complexity index is 1240. The smallest absolute Gasteiger partial charge is 0.324 e. The van der Waals surface area contributed by atoms with Gasteiger partial charge < -0.3 is 19.7 Å². The van der Waals surface area contributed by atoms with E-state index in [1.807, 2.05) is 0 Å². The third-order valence-corrected chi connectivity index (χ3v) is 4.57. The zero-order chi connectivity index (χ0) is 22.0. The molecule has 0 spiro atoms. The molecule has 0 radical (unpaired) electrons. The molecule has 0 saturated carbocycles. The van der Waals surface area contributed by atoms with Gasteiger partial charge in [-0.25, -0.2) is 13.8 Å². The number of nitrogens with one attached hydrogen (secondary N) is 1. The molecule has 0 saturated heterocycles. The van der Waals surface area contributed by atoms with Crippen molar-refractivity contribution in [2.45, 2.75) is 6.10 Å². The summed E-state index contributed by atoms with van der Waals surface area (Å²) in [7, 11) is 0. The molecule has 0 aliphatic rings. The van der Waals surface area contributed by atoms with E-state index < -0.39 is 24.3 Å². The molecule has 0 fully saturated rings. The summed E-state index contributed by atoms with van der Waals surface area (Å²) >= 11 is 6.31. The molecule has 0 aliphatic carbocycles. The molecule has 1 atom stereocenters. The number of hydrogen-bond acceptors (Lipinski definition) is 7. The van der Waals surface area contributed by atoms with Gasteiger partial charge in [0.15, 0.2) is 17.2 Å². The lowest BCUT2D eigenvalue weighted by atomic mass is 10.1. The molecule has 3 N–H and O–H groups in total. The van der Waals surface area contributed by atoms with Gasteiger partial charge in [0.25, 0.3) is 0 Å². The number of aromatic amines is 1. The summed E-state index contributed by atoms with van der Waals surface area (Å²) in [5.74, 6) is -1.42. The first-order chi connectivity index (χ1) is 14.9. The Kier molecular flexibility index (Phi) is 5.94. The maximum Gasteiger partial charge on any atom is 0.324 e. The molecule has 2 heterocycles. The Labute approximate surface area is 179 Å². The van der Waals surface area contributed by atoms with Crippen LogP contribution < -0.4 is 9.47 Å². The van der Waals surface area contributed by atoms with Crippen LogP contribution in [0.25, 0.3) is 22.3 Å². The quantitative estimate of drug-likeness (QED) is 0.396. The van der Waals surface area contributed by atoms with Gasteiger partial charge in [0, 0.05) is 17.8 Å². The van der Waals surface area contributed by atoms with Gasteiger partial charge in [0.1, 0.15) is 30.0 Å². The molecule has 160 valence electrons. The van der Waals surface area contributed by atoms with Gasteiger partial charge in [-0.3, -0.25) is 5.10 Å². The van der Waals surface area contributed by atoms with E-state index in [1.165, 1.54) is 6.20 Å². The minimum atomic E-state index is -1.01. The van der Waals surface area contributed by atoms with E-state index in [0.717, 1.165) is 12.1 Å². The van der Waals surface area contributed by atoms with Crippen molar-refractivity contribution >= 4 is 22.6 Å². The molecule has 2 aromatic carbocycles. The molecule has 2 aromatic heterocycles. The number of aliphatic hydroxyl groups excluding tert-OH is 2. The fourth-order valence-corrected chi connectivity index (χ4v) is 2.93. The minimum Gasteiger partial charge on any atom is -0.491 e. The highest BCUT2D eigenvalue weighted by atomic mass is 35.5. The van der Waals surface area contributed by atoms with Crippen LogP contribution in [0.15, 0.2) is 42.6 Å². The van der Waals surface area contributed by atoms with Crippen LogP contribution in [0.5, 0.6) is 17.5 Å². The molecular formula is C20H15ClF2N4O4. The Hall–Kier alpha value is -3.34. The molecule has 4 rings (SSSR count). The lowest BCUT2D eigenvalue weighted by Gasteiger charge is -2.11. The summed E-state index contributed by atoms with van der Waals surface area (Å²) in [6.07, 6.45) is 0.417. The highest BCUT2D eigenvalue weighted by Gasteiger charge is 2.16. The Morgan fingerprint density at radius 1 is 1.16 bits per heavy atom. The molecular weight excluding hydrogens is 434 g/mol. The van der Waals surface area contributed by atoms with Gasteiger partial charge >= 0.3 is 6.01 Å². The number of benzene rings is 2. The van der Waals surface area contributed by atoms with Crippen molar-refractivity contribution in [1.82, 2.24) is 20.2 Å². The largest absolute Gasteiger partial charge is 0.491 e. The van der Waals surface area contributed by atoms with Crippen LogP contribution in [-0.4, -0.2) is 49.7 Å². The second kappa shape index (κ2) is 8.80. The van der Waals surface area contributed by atoms with Crippen molar-refractivity contribution in [2.24, 2.45) is 0 Å². The van der Waals surface area contributed by atoms with Crippen LogP contribution in [0.3, 0.4) is 0 Å². The van der Waals surface area contributed by atoms with Crippen molar-refractivity contribution < 1.29 is 28.5 Å². The first-order valence-electron chi connectivity index (χ1n) is 9.00. The lowest BCUT2D eigenvalue weighted by molar-refractivity contribution is 0.0536. The molecule has 0 bridgehead atoms. The van der Waals surface area contributed by atoms with Gasteiger partial charge in [0.05, 0.1) is 17.0 Å². The molecule has 31 heavy (non-hydrogen) atoms. The third-order valence-electron chi connectivity index (χ3n) is 4.24. The number of rotatable bonds is 7. The van der Waals surface area contributed by atoms with Crippen LogP contribution in [0, 0.1) is 11.6 Å². The maximum atomic E-state index is 13.8. The van der Waals surface area contributed by atoms with E-state index in [1.54, 1.807) is 18.2 Å². The first-order valence-corrected chi connectivity index (χ1v) is 9.38. The van der Waals surface area contributed by atoms with E-state index in [2.05, 4.69) is 20.2 Å². The summed E-state index contributed by atoms with van der Waals surface area (Å²) in [6.45, 7) is -0.517. The zero-order valence-corrected chi connectivity index (χ0v) is 16.5. The van der Waals surface area contributed by atoms with Crippen molar-refractivity contribution in [1.29, 1.82) is 0 Å². The summed E-state index contributed by atoms with van der Waals surface area (Å²) in [5.41, 5.74) is 1.26.